The maximum absolute atomic E-state index is 12.8. The van der Waals surface area contributed by atoms with Gasteiger partial charge in [0.15, 0.2) is 0 Å². The fourth-order valence-corrected chi connectivity index (χ4v) is 5.23. The molecule has 9 heteroatoms. The molecule has 1 saturated heterocycles. The van der Waals surface area contributed by atoms with Crippen molar-refractivity contribution in [2.24, 2.45) is 5.92 Å². The third-order valence-electron chi connectivity index (χ3n) is 5.69. The molecular formula is C23H28ClN3O4S. The second-order valence-electron chi connectivity index (χ2n) is 8.17. The van der Waals surface area contributed by atoms with Crippen LogP contribution < -0.4 is 10.6 Å². The SMILES string of the molecule is Cc1ccc(S(=O)(=O)N2CCC(C(=O)N[C@H](C)C(=O)Nc3cc(Cl)ccc3C)CC2)cc1. The average molecular weight is 478 g/mol. The predicted octanol–water partition coefficient (Wildman–Crippen LogP) is 3.50. The van der Waals surface area contributed by atoms with Crippen molar-refractivity contribution in [2.45, 2.75) is 44.6 Å². The van der Waals surface area contributed by atoms with Crippen LogP contribution in [0.5, 0.6) is 0 Å². The molecule has 0 bridgehead atoms. The smallest absolute Gasteiger partial charge is 0.246 e. The highest BCUT2D eigenvalue weighted by Crippen LogP contribution is 2.25. The molecule has 1 atom stereocenters. The number of carbonyl (C=O) groups excluding carboxylic acids is 2. The van der Waals surface area contributed by atoms with Gasteiger partial charge in [0.25, 0.3) is 0 Å². The molecule has 0 saturated carbocycles. The summed E-state index contributed by atoms with van der Waals surface area (Å²) in [7, 11) is -3.58. The quantitative estimate of drug-likeness (QED) is 0.665. The molecule has 2 N–H and O–H groups in total. The molecule has 0 unspecified atom stereocenters. The topological polar surface area (TPSA) is 95.6 Å². The molecule has 7 nitrogen and oxygen atoms in total. The number of hydrogen-bond donors (Lipinski definition) is 2. The molecule has 2 aromatic rings. The molecule has 2 aromatic carbocycles. The number of nitrogens with one attached hydrogen (secondary N) is 2. The van der Waals surface area contributed by atoms with Crippen LogP contribution in [0, 0.1) is 19.8 Å². The van der Waals surface area contributed by atoms with Crippen LogP contribution in [-0.2, 0) is 19.6 Å². The summed E-state index contributed by atoms with van der Waals surface area (Å²) in [5, 5.41) is 6.03. The zero-order valence-corrected chi connectivity index (χ0v) is 20.0. The summed E-state index contributed by atoms with van der Waals surface area (Å²) < 4.78 is 27.1. The average Bonchev–Trinajstić information content (AvgIpc) is 2.76. The van der Waals surface area contributed by atoms with Crippen LogP contribution in [0.3, 0.4) is 0 Å². The summed E-state index contributed by atoms with van der Waals surface area (Å²) in [5.41, 5.74) is 2.45. The van der Waals surface area contributed by atoms with Gasteiger partial charge < -0.3 is 10.6 Å². The number of aryl methyl sites for hydroxylation is 2. The summed E-state index contributed by atoms with van der Waals surface area (Å²) in [6.45, 7) is 5.89. The molecule has 3 rings (SSSR count). The van der Waals surface area contributed by atoms with E-state index in [-0.39, 0.29) is 35.7 Å². The van der Waals surface area contributed by atoms with Crippen molar-refractivity contribution >= 4 is 39.1 Å². The lowest BCUT2D eigenvalue weighted by atomic mass is 9.97. The minimum absolute atomic E-state index is 0.247. The van der Waals surface area contributed by atoms with Gasteiger partial charge >= 0.3 is 0 Å². The number of carbonyl (C=O) groups is 2. The van der Waals surface area contributed by atoms with Crippen molar-refractivity contribution in [3.8, 4) is 0 Å². The Morgan fingerprint density at radius 2 is 1.69 bits per heavy atom. The Labute approximate surface area is 194 Å². The second kappa shape index (κ2) is 10.0. The predicted molar refractivity (Wildman–Crippen MR) is 125 cm³/mol. The van der Waals surface area contributed by atoms with Crippen LogP contribution in [0.2, 0.25) is 5.02 Å². The summed E-state index contributed by atoms with van der Waals surface area (Å²) in [4.78, 5) is 25.4. The molecule has 0 spiro atoms. The Bertz CT molecular complexity index is 1090. The van der Waals surface area contributed by atoms with Crippen LogP contribution in [0.15, 0.2) is 47.4 Å². The van der Waals surface area contributed by atoms with Gasteiger partial charge in [0.2, 0.25) is 21.8 Å². The molecule has 1 heterocycles. The molecule has 1 aliphatic heterocycles. The normalized spacial score (nSPS) is 16.4. The molecule has 1 aliphatic rings. The largest absolute Gasteiger partial charge is 0.344 e. The van der Waals surface area contributed by atoms with E-state index in [9.17, 15) is 18.0 Å². The summed E-state index contributed by atoms with van der Waals surface area (Å²) >= 11 is 5.99. The van der Waals surface area contributed by atoms with Gasteiger partial charge in [-0.3, -0.25) is 9.59 Å². The van der Waals surface area contributed by atoms with E-state index in [0.29, 0.717) is 23.6 Å². The van der Waals surface area contributed by atoms with Crippen molar-refractivity contribution in [3.05, 3.63) is 58.6 Å². The first-order chi connectivity index (χ1) is 15.1. The van der Waals surface area contributed by atoms with E-state index in [2.05, 4.69) is 10.6 Å². The Balaban J connectivity index is 1.54. The minimum atomic E-state index is -3.58. The van der Waals surface area contributed by atoms with Gasteiger partial charge in [-0.2, -0.15) is 4.31 Å². The van der Waals surface area contributed by atoms with Crippen molar-refractivity contribution in [1.29, 1.82) is 0 Å². The fourth-order valence-electron chi connectivity index (χ4n) is 3.58. The van der Waals surface area contributed by atoms with Gasteiger partial charge in [-0.1, -0.05) is 35.4 Å². The first-order valence-electron chi connectivity index (χ1n) is 10.5. The zero-order valence-electron chi connectivity index (χ0n) is 18.4. The maximum atomic E-state index is 12.8. The highest BCUT2D eigenvalue weighted by atomic mass is 35.5. The van der Waals surface area contributed by atoms with E-state index < -0.39 is 16.1 Å². The third-order valence-corrected chi connectivity index (χ3v) is 7.84. The number of piperidine rings is 1. The molecule has 0 aromatic heterocycles. The highest BCUT2D eigenvalue weighted by Gasteiger charge is 2.33. The molecular weight excluding hydrogens is 450 g/mol. The number of rotatable bonds is 6. The number of nitrogens with zero attached hydrogens (tertiary/aromatic N) is 1. The van der Waals surface area contributed by atoms with E-state index in [4.69, 9.17) is 11.6 Å². The Morgan fingerprint density at radius 3 is 2.31 bits per heavy atom. The van der Waals surface area contributed by atoms with Crippen LogP contribution >= 0.6 is 11.6 Å². The molecule has 0 radical (unpaired) electrons. The van der Waals surface area contributed by atoms with E-state index in [0.717, 1.165) is 11.1 Å². The lowest BCUT2D eigenvalue weighted by molar-refractivity contribution is -0.129. The number of benzene rings is 2. The number of amides is 2. The Kier molecular flexibility index (Phi) is 7.59. The first kappa shape index (κ1) is 24.2. The van der Waals surface area contributed by atoms with Crippen LogP contribution in [0.1, 0.15) is 30.9 Å². The number of sulfonamides is 1. The van der Waals surface area contributed by atoms with Crippen LogP contribution in [-0.4, -0.2) is 43.7 Å². The number of hydrogen-bond acceptors (Lipinski definition) is 4. The third kappa shape index (κ3) is 5.68. The first-order valence-corrected chi connectivity index (χ1v) is 12.3. The lowest BCUT2D eigenvalue weighted by Crippen LogP contribution is -2.47. The van der Waals surface area contributed by atoms with E-state index in [1.807, 2.05) is 13.8 Å². The molecule has 2 amide bonds. The number of halogens is 1. The van der Waals surface area contributed by atoms with Gasteiger partial charge in [0, 0.05) is 29.7 Å². The van der Waals surface area contributed by atoms with Gasteiger partial charge in [-0.25, -0.2) is 8.42 Å². The van der Waals surface area contributed by atoms with Crippen LogP contribution in [0.4, 0.5) is 5.69 Å². The van der Waals surface area contributed by atoms with Gasteiger partial charge in [-0.05, 0) is 63.4 Å². The highest BCUT2D eigenvalue weighted by molar-refractivity contribution is 7.89. The summed E-state index contributed by atoms with van der Waals surface area (Å²) in [5.74, 6) is -0.937. The van der Waals surface area contributed by atoms with E-state index in [1.54, 1.807) is 49.4 Å². The fraction of sp³-hybridized carbons (Fsp3) is 0.391. The van der Waals surface area contributed by atoms with Crippen molar-refractivity contribution in [2.75, 3.05) is 18.4 Å². The molecule has 1 fully saturated rings. The molecule has 172 valence electrons. The summed E-state index contributed by atoms with van der Waals surface area (Å²) in [6.07, 6.45) is 0.803. The maximum Gasteiger partial charge on any atom is 0.246 e. The molecule has 0 aliphatic carbocycles. The zero-order chi connectivity index (χ0) is 23.5. The summed E-state index contributed by atoms with van der Waals surface area (Å²) in [6, 6.07) is 11.2. The van der Waals surface area contributed by atoms with Crippen molar-refractivity contribution < 1.29 is 18.0 Å². The van der Waals surface area contributed by atoms with Gasteiger partial charge in [0.1, 0.15) is 6.04 Å². The standard InChI is InChI=1S/C23H28ClN3O4S/c1-15-4-8-20(9-5-15)32(30,31)27-12-10-18(11-13-27)23(29)25-17(3)22(28)26-21-14-19(24)7-6-16(21)2/h4-9,14,17-18H,10-13H2,1-3H3,(H,25,29)(H,26,28)/t17-/m1/s1. The monoisotopic (exact) mass is 477 g/mol. The van der Waals surface area contributed by atoms with E-state index in [1.165, 1.54) is 4.31 Å². The van der Waals surface area contributed by atoms with Crippen molar-refractivity contribution in [1.82, 2.24) is 9.62 Å². The van der Waals surface area contributed by atoms with Crippen LogP contribution in [0.25, 0.3) is 0 Å². The van der Waals surface area contributed by atoms with E-state index >= 15 is 0 Å². The second-order valence-corrected chi connectivity index (χ2v) is 10.5. The Morgan fingerprint density at radius 1 is 1.06 bits per heavy atom. The van der Waals surface area contributed by atoms with Gasteiger partial charge in [0.05, 0.1) is 4.90 Å². The molecule has 32 heavy (non-hydrogen) atoms. The lowest BCUT2D eigenvalue weighted by Gasteiger charge is -2.31. The number of anilines is 1. The van der Waals surface area contributed by atoms with Gasteiger partial charge in [-0.15, -0.1) is 0 Å². The minimum Gasteiger partial charge on any atom is -0.344 e. The Hall–Kier alpha value is -2.42. The van der Waals surface area contributed by atoms with Crippen molar-refractivity contribution in [3.63, 3.8) is 0 Å².